The van der Waals surface area contributed by atoms with Gasteiger partial charge >= 0.3 is 0 Å². The van der Waals surface area contributed by atoms with Gasteiger partial charge in [0.25, 0.3) is 0 Å². The Balaban J connectivity index is 2.13. The van der Waals surface area contributed by atoms with E-state index in [-0.39, 0.29) is 11.4 Å². The number of aromatic nitrogens is 1. The predicted octanol–water partition coefficient (Wildman–Crippen LogP) is 1.83. The van der Waals surface area contributed by atoms with Gasteiger partial charge in [0.2, 0.25) is 10.0 Å². The van der Waals surface area contributed by atoms with Crippen LogP contribution in [0.4, 0.5) is 0 Å². The van der Waals surface area contributed by atoms with Crippen LogP contribution in [0.25, 0.3) is 0 Å². The molecule has 0 aliphatic rings. The average molecular weight is 330 g/mol. The molecule has 2 aromatic rings. The number of sulfonamides is 1. The summed E-state index contributed by atoms with van der Waals surface area (Å²) in [4.78, 5) is 0.114. The Kier molecular flexibility index (Phi) is 5.00. The van der Waals surface area contributed by atoms with E-state index < -0.39 is 10.0 Å². The van der Waals surface area contributed by atoms with Crippen molar-refractivity contribution in [3.05, 3.63) is 46.3 Å². The first-order valence-corrected chi connectivity index (χ1v) is 8.13. The fourth-order valence-electron chi connectivity index (χ4n) is 1.78. The number of hydrogen-bond acceptors (Lipinski definition) is 5. The van der Waals surface area contributed by atoms with Gasteiger partial charge in [-0.05, 0) is 31.7 Å². The topological polar surface area (TPSA) is 84.2 Å². The highest BCUT2D eigenvalue weighted by Crippen LogP contribution is 2.21. The minimum absolute atomic E-state index is 0.0407. The van der Waals surface area contributed by atoms with Gasteiger partial charge in [0.15, 0.2) is 5.76 Å². The Hall–Kier alpha value is -1.41. The predicted molar refractivity (Wildman–Crippen MR) is 79.5 cm³/mol. The van der Waals surface area contributed by atoms with E-state index in [1.807, 2.05) is 0 Å². The van der Waals surface area contributed by atoms with Gasteiger partial charge in [-0.1, -0.05) is 22.8 Å². The summed E-state index contributed by atoms with van der Waals surface area (Å²) in [7, 11) is -1.85. The third-order valence-electron chi connectivity index (χ3n) is 2.82. The number of aryl methyl sites for hydroxylation is 1. The van der Waals surface area contributed by atoms with Gasteiger partial charge in [-0.25, -0.2) is 13.1 Å². The van der Waals surface area contributed by atoms with Crippen molar-refractivity contribution in [2.45, 2.75) is 24.9 Å². The zero-order chi connectivity index (χ0) is 15.5. The van der Waals surface area contributed by atoms with Gasteiger partial charge in [-0.3, -0.25) is 0 Å². The lowest BCUT2D eigenvalue weighted by Crippen LogP contribution is -2.23. The highest BCUT2D eigenvalue weighted by atomic mass is 35.5. The molecule has 6 nitrogen and oxygen atoms in total. The first-order valence-electron chi connectivity index (χ1n) is 6.27. The van der Waals surface area contributed by atoms with E-state index in [0.717, 1.165) is 5.56 Å². The molecule has 0 spiro atoms. The van der Waals surface area contributed by atoms with Crippen LogP contribution in [0.15, 0.2) is 33.7 Å². The maximum absolute atomic E-state index is 12.2. The SMILES string of the molecule is CNCc1ccc(S(=O)(=O)NCc2cc(C)no2)cc1Cl. The van der Waals surface area contributed by atoms with E-state index in [0.29, 0.717) is 23.0 Å². The zero-order valence-corrected chi connectivity index (χ0v) is 13.3. The van der Waals surface area contributed by atoms with Crippen LogP contribution in [0.1, 0.15) is 17.0 Å². The average Bonchev–Trinajstić information content (AvgIpc) is 2.85. The lowest BCUT2D eigenvalue weighted by atomic mass is 10.2. The molecule has 2 N–H and O–H groups in total. The summed E-state index contributed by atoms with van der Waals surface area (Å²) in [5.74, 6) is 0.453. The lowest BCUT2D eigenvalue weighted by Gasteiger charge is -2.08. The summed E-state index contributed by atoms with van der Waals surface area (Å²) in [6, 6.07) is 6.31. The zero-order valence-electron chi connectivity index (χ0n) is 11.7. The van der Waals surface area contributed by atoms with Crippen molar-refractivity contribution < 1.29 is 12.9 Å². The Morgan fingerprint density at radius 2 is 2.05 bits per heavy atom. The highest BCUT2D eigenvalue weighted by Gasteiger charge is 2.16. The number of rotatable bonds is 6. The second-order valence-electron chi connectivity index (χ2n) is 4.54. The molecule has 1 aromatic heterocycles. The molecule has 8 heteroatoms. The van der Waals surface area contributed by atoms with Crippen molar-refractivity contribution in [2.75, 3.05) is 7.05 Å². The van der Waals surface area contributed by atoms with Gasteiger partial charge in [-0.2, -0.15) is 0 Å². The number of benzene rings is 1. The fourth-order valence-corrected chi connectivity index (χ4v) is 3.11. The molecule has 1 heterocycles. The Bertz CT molecular complexity index is 728. The van der Waals surface area contributed by atoms with Crippen molar-refractivity contribution in [3.63, 3.8) is 0 Å². The molecule has 0 fully saturated rings. The third-order valence-corrected chi connectivity index (χ3v) is 4.57. The Labute approximate surface area is 128 Å². The van der Waals surface area contributed by atoms with Crippen molar-refractivity contribution in [2.24, 2.45) is 0 Å². The van der Waals surface area contributed by atoms with Crippen LogP contribution in [0.2, 0.25) is 5.02 Å². The minimum atomic E-state index is -3.65. The maximum atomic E-state index is 12.2. The summed E-state index contributed by atoms with van der Waals surface area (Å²) >= 11 is 6.07. The summed E-state index contributed by atoms with van der Waals surface area (Å²) in [6.45, 7) is 2.38. The maximum Gasteiger partial charge on any atom is 0.241 e. The van der Waals surface area contributed by atoms with Gasteiger partial charge in [0.05, 0.1) is 17.1 Å². The standard InChI is InChI=1S/C13H16ClN3O3S/c1-9-5-11(20-17-9)8-16-21(18,19)12-4-3-10(7-15-2)13(14)6-12/h3-6,15-16H,7-8H2,1-2H3. The lowest BCUT2D eigenvalue weighted by molar-refractivity contribution is 0.377. The van der Waals surface area contributed by atoms with Gasteiger partial charge in [0.1, 0.15) is 0 Å². The molecular weight excluding hydrogens is 314 g/mol. The second kappa shape index (κ2) is 6.57. The van der Waals surface area contributed by atoms with Crippen LogP contribution in [0.5, 0.6) is 0 Å². The Morgan fingerprint density at radius 1 is 1.29 bits per heavy atom. The van der Waals surface area contributed by atoms with Crippen LogP contribution in [-0.4, -0.2) is 20.6 Å². The van der Waals surface area contributed by atoms with E-state index in [9.17, 15) is 8.42 Å². The van der Waals surface area contributed by atoms with Gasteiger partial charge < -0.3 is 9.84 Å². The molecule has 1 aromatic carbocycles. The molecule has 114 valence electrons. The van der Waals surface area contributed by atoms with Gasteiger partial charge in [0, 0.05) is 17.6 Å². The van der Waals surface area contributed by atoms with Crippen LogP contribution in [0.3, 0.4) is 0 Å². The number of hydrogen-bond donors (Lipinski definition) is 2. The Morgan fingerprint density at radius 3 is 2.62 bits per heavy atom. The van der Waals surface area contributed by atoms with Crippen LogP contribution in [-0.2, 0) is 23.1 Å². The van der Waals surface area contributed by atoms with E-state index in [1.165, 1.54) is 12.1 Å². The van der Waals surface area contributed by atoms with Crippen molar-refractivity contribution >= 4 is 21.6 Å². The molecule has 0 saturated carbocycles. The van der Waals surface area contributed by atoms with Crippen molar-refractivity contribution in [1.29, 1.82) is 0 Å². The molecule has 0 aliphatic carbocycles. The fraction of sp³-hybridized carbons (Fsp3) is 0.308. The molecule has 21 heavy (non-hydrogen) atoms. The number of nitrogens with one attached hydrogen (secondary N) is 2. The van der Waals surface area contributed by atoms with Crippen LogP contribution >= 0.6 is 11.6 Å². The van der Waals surface area contributed by atoms with Crippen LogP contribution < -0.4 is 10.0 Å². The monoisotopic (exact) mass is 329 g/mol. The molecule has 0 aliphatic heterocycles. The molecule has 0 amide bonds. The third kappa shape index (κ3) is 4.04. The number of halogens is 1. The molecule has 0 unspecified atom stereocenters. The molecule has 0 atom stereocenters. The molecule has 0 radical (unpaired) electrons. The minimum Gasteiger partial charge on any atom is -0.360 e. The summed E-state index contributed by atoms with van der Waals surface area (Å²) in [6.07, 6.45) is 0. The molecule has 0 bridgehead atoms. The summed E-state index contributed by atoms with van der Waals surface area (Å²) in [5.41, 5.74) is 1.53. The van der Waals surface area contributed by atoms with E-state index >= 15 is 0 Å². The second-order valence-corrected chi connectivity index (χ2v) is 6.72. The van der Waals surface area contributed by atoms with Crippen molar-refractivity contribution in [1.82, 2.24) is 15.2 Å². The van der Waals surface area contributed by atoms with Crippen molar-refractivity contribution in [3.8, 4) is 0 Å². The summed E-state index contributed by atoms with van der Waals surface area (Å²) < 4.78 is 31.8. The molecular formula is C13H16ClN3O3S. The van der Waals surface area contributed by atoms with Gasteiger partial charge in [-0.15, -0.1) is 0 Å². The normalized spacial score (nSPS) is 11.8. The largest absolute Gasteiger partial charge is 0.360 e. The smallest absolute Gasteiger partial charge is 0.241 e. The van der Waals surface area contributed by atoms with E-state index in [2.05, 4.69) is 15.2 Å². The van der Waals surface area contributed by atoms with Crippen LogP contribution in [0, 0.1) is 6.92 Å². The first-order chi connectivity index (χ1) is 9.92. The quantitative estimate of drug-likeness (QED) is 0.844. The highest BCUT2D eigenvalue weighted by molar-refractivity contribution is 7.89. The van der Waals surface area contributed by atoms with E-state index in [1.54, 1.807) is 26.1 Å². The van der Waals surface area contributed by atoms with E-state index in [4.69, 9.17) is 16.1 Å². The summed E-state index contributed by atoms with van der Waals surface area (Å²) in [5, 5.41) is 7.07. The first kappa shape index (κ1) is 16.0. The molecule has 0 saturated heterocycles. The number of nitrogens with zero attached hydrogens (tertiary/aromatic N) is 1. The molecule has 2 rings (SSSR count).